The highest BCUT2D eigenvalue weighted by Crippen LogP contribution is 2.13. The first-order valence-corrected chi connectivity index (χ1v) is 20.4. The lowest BCUT2D eigenvalue weighted by Crippen LogP contribution is -2.55. The summed E-state index contributed by atoms with van der Waals surface area (Å²) in [5, 5.41) is 11.6. The van der Waals surface area contributed by atoms with Crippen molar-refractivity contribution in [3.05, 3.63) is 24.3 Å². The number of esters is 2. The third kappa shape index (κ3) is 31.8. The van der Waals surface area contributed by atoms with Crippen LogP contribution in [0.1, 0.15) is 174 Å². The quantitative estimate of drug-likeness (QED) is 0.0277. The molecular formula is C42H77NO7. The Labute approximate surface area is 307 Å². The van der Waals surface area contributed by atoms with Crippen molar-refractivity contribution in [3.8, 4) is 0 Å². The molecule has 0 aliphatic rings. The van der Waals surface area contributed by atoms with Gasteiger partial charge >= 0.3 is 11.9 Å². The Kier molecular flexibility index (Phi) is 32.4. The Balaban J connectivity index is 4.40. The van der Waals surface area contributed by atoms with E-state index in [-0.39, 0.29) is 42.7 Å². The minimum Gasteiger partial charge on any atom is -0.544 e. The van der Waals surface area contributed by atoms with Crippen LogP contribution in [0, 0.1) is 0 Å². The molecule has 0 spiro atoms. The van der Waals surface area contributed by atoms with Gasteiger partial charge in [-0.15, -0.1) is 0 Å². The summed E-state index contributed by atoms with van der Waals surface area (Å²) in [6.45, 7) is 4.61. The minimum absolute atomic E-state index is 0.0355. The van der Waals surface area contributed by atoms with Gasteiger partial charge in [0.15, 0.2) is 6.10 Å². The molecule has 0 heterocycles. The molecule has 0 bridgehead atoms. The molecule has 2 atom stereocenters. The number of carboxylic acids is 1. The summed E-state index contributed by atoms with van der Waals surface area (Å²) in [5.41, 5.74) is 0. The summed E-state index contributed by atoms with van der Waals surface area (Å²) in [4.78, 5) is 36.6. The zero-order chi connectivity index (χ0) is 37.1. The normalized spacial score (nSPS) is 13.2. The number of carbonyl (C=O) groups excluding carboxylic acids is 3. The van der Waals surface area contributed by atoms with Crippen LogP contribution in [0.3, 0.4) is 0 Å². The molecule has 0 saturated carbocycles. The second-order valence-corrected chi connectivity index (χ2v) is 14.9. The summed E-state index contributed by atoms with van der Waals surface area (Å²) < 4.78 is 17.1. The predicted molar refractivity (Wildman–Crippen MR) is 204 cm³/mol. The molecule has 0 amide bonds. The molecule has 8 heteroatoms. The molecule has 0 rings (SSSR count). The largest absolute Gasteiger partial charge is 0.544 e. The molecule has 292 valence electrons. The van der Waals surface area contributed by atoms with Crippen molar-refractivity contribution in [2.24, 2.45) is 0 Å². The van der Waals surface area contributed by atoms with E-state index in [9.17, 15) is 19.5 Å². The molecule has 8 nitrogen and oxygen atoms in total. The molecule has 50 heavy (non-hydrogen) atoms. The van der Waals surface area contributed by atoms with Crippen molar-refractivity contribution >= 4 is 17.9 Å². The van der Waals surface area contributed by atoms with Gasteiger partial charge in [-0.25, -0.2) is 0 Å². The van der Waals surface area contributed by atoms with E-state index in [0.717, 1.165) is 51.4 Å². The van der Waals surface area contributed by atoms with E-state index in [0.29, 0.717) is 12.8 Å². The lowest BCUT2D eigenvalue weighted by atomic mass is 10.1. The number of carbonyl (C=O) groups is 3. The van der Waals surface area contributed by atoms with Crippen LogP contribution < -0.4 is 5.11 Å². The lowest BCUT2D eigenvalue weighted by molar-refractivity contribution is -0.889. The number of likely N-dealkylation sites (N-methyl/N-ethyl adjacent to an activating group) is 1. The molecular weight excluding hydrogens is 630 g/mol. The molecule has 0 aromatic rings. The number of rotatable bonds is 36. The van der Waals surface area contributed by atoms with Crippen LogP contribution in [-0.4, -0.2) is 75.5 Å². The summed E-state index contributed by atoms with van der Waals surface area (Å²) in [6, 6.07) is -0.725. The number of hydrogen-bond donors (Lipinski definition) is 0. The second kappa shape index (κ2) is 33.9. The Morgan fingerprint density at radius 2 is 1.04 bits per heavy atom. The van der Waals surface area contributed by atoms with Gasteiger partial charge in [-0.1, -0.05) is 141 Å². The molecule has 0 fully saturated rings. The van der Waals surface area contributed by atoms with Crippen molar-refractivity contribution in [2.75, 3.05) is 41.0 Å². The number of quaternary nitrogens is 1. The van der Waals surface area contributed by atoms with Crippen LogP contribution in [0.15, 0.2) is 24.3 Å². The smallest absolute Gasteiger partial charge is 0.306 e. The van der Waals surface area contributed by atoms with Crippen LogP contribution in [-0.2, 0) is 28.6 Å². The van der Waals surface area contributed by atoms with Gasteiger partial charge in [0, 0.05) is 19.3 Å². The van der Waals surface area contributed by atoms with Gasteiger partial charge in [-0.05, 0) is 38.5 Å². The molecule has 0 aromatic heterocycles. The van der Waals surface area contributed by atoms with E-state index in [1.54, 1.807) is 21.1 Å². The van der Waals surface area contributed by atoms with E-state index in [2.05, 4.69) is 38.2 Å². The monoisotopic (exact) mass is 708 g/mol. The number of nitrogens with zero attached hydrogens (tertiary/aromatic N) is 1. The maximum Gasteiger partial charge on any atom is 0.306 e. The van der Waals surface area contributed by atoms with Crippen LogP contribution in [0.2, 0.25) is 0 Å². The predicted octanol–water partition coefficient (Wildman–Crippen LogP) is 9.19. The molecule has 0 aliphatic heterocycles. The van der Waals surface area contributed by atoms with Crippen molar-refractivity contribution in [1.82, 2.24) is 0 Å². The number of allylic oxidation sites excluding steroid dienone is 4. The first kappa shape index (κ1) is 47.8. The molecule has 0 saturated heterocycles. The number of unbranched alkanes of at least 4 members (excludes halogenated alkanes) is 19. The minimum atomic E-state index is -1.13. The average molecular weight is 708 g/mol. The molecule has 0 radical (unpaired) electrons. The standard InChI is InChI=1S/C42H77NO7/c1-6-8-10-12-14-16-18-19-20-21-22-23-25-26-28-30-32-40(44)49-37-38(36-48-35-34-39(42(46)47)43(3,4)5)50-41(45)33-31-29-27-24-17-15-13-11-9-7-2/h20-23,38-39H,6-19,24-37H2,1-5H3/b21-20+,23-22+. The maximum atomic E-state index is 12.6. The fourth-order valence-electron chi connectivity index (χ4n) is 5.88. The van der Waals surface area contributed by atoms with E-state index in [1.165, 1.54) is 89.9 Å². The Bertz CT molecular complexity index is 880. The summed E-state index contributed by atoms with van der Waals surface area (Å²) in [5.74, 6) is -1.77. The third-order valence-corrected chi connectivity index (χ3v) is 9.12. The van der Waals surface area contributed by atoms with Gasteiger partial charge < -0.3 is 28.6 Å². The molecule has 0 N–H and O–H groups in total. The Hall–Kier alpha value is -2.19. The highest BCUT2D eigenvalue weighted by atomic mass is 16.6. The second-order valence-electron chi connectivity index (χ2n) is 14.9. The molecule has 0 aromatic carbocycles. The van der Waals surface area contributed by atoms with Gasteiger partial charge in [0.2, 0.25) is 0 Å². The van der Waals surface area contributed by atoms with Crippen LogP contribution in [0.4, 0.5) is 0 Å². The van der Waals surface area contributed by atoms with Crippen LogP contribution >= 0.6 is 0 Å². The maximum absolute atomic E-state index is 12.6. The first-order valence-electron chi connectivity index (χ1n) is 20.4. The van der Waals surface area contributed by atoms with Crippen molar-refractivity contribution in [1.29, 1.82) is 0 Å². The van der Waals surface area contributed by atoms with Gasteiger partial charge in [0.1, 0.15) is 12.6 Å². The summed E-state index contributed by atoms with van der Waals surface area (Å²) >= 11 is 0. The first-order chi connectivity index (χ1) is 24.1. The Morgan fingerprint density at radius 3 is 1.52 bits per heavy atom. The summed E-state index contributed by atoms with van der Waals surface area (Å²) in [7, 11) is 5.39. The van der Waals surface area contributed by atoms with E-state index in [4.69, 9.17) is 14.2 Å². The zero-order valence-electron chi connectivity index (χ0n) is 33.1. The van der Waals surface area contributed by atoms with Gasteiger partial charge in [-0.2, -0.15) is 0 Å². The van der Waals surface area contributed by atoms with E-state index < -0.39 is 18.1 Å². The van der Waals surface area contributed by atoms with E-state index in [1.807, 2.05) is 0 Å². The highest BCUT2D eigenvalue weighted by molar-refractivity contribution is 5.70. The summed E-state index contributed by atoms with van der Waals surface area (Å²) in [6.07, 6.45) is 34.9. The number of hydrogen-bond acceptors (Lipinski definition) is 7. The average Bonchev–Trinajstić information content (AvgIpc) is 3.06. The van der Waals surface area contributed by atoms with Gasteiger partial charge in [-0.3, -0.25) is 9.59 Å². The zero-order valence-corrected chi connectivity index (χ0v) is 33.1. The lowest BCUT2D eigenvalue weighted by Gasteiger charge is -2.34. The van der Waals surface area contributed by atoms with Crippen molar-refractivity contribution in [2.45, 2.75) is 187 Å². The third-order valence-electron chi connectivity index (χ3n) is 9.12. The molecule has 0 aliphatic carbocycles. The SMILES string of the molecule is CCCCCCCCC/C=C/C=C/CCCCCC(=O)OCC(COCCC(C(=O)[O-])[N+](C)(C)C)OC(=O)CCCCCCCCCCCC. The van der Waals surface area contributed by atoms with Gasteiger partial charge in [0.25, 0.3) is 0 Å². The number of aliphatic carboxylic acids is 1. The highest BCUT2D eigenvalue weighted by Gasteiger charge is 2.25. The number of carboxylic acid groups (broad SMARTS) is 1. The van der Waals surface area contributed by atoms with E-state index >= 15 is 0 Å². The van der Waals surface area contributed by atoms with Crippen LogP contribution in [0.25, 0.3) is 0 Å². The van der Waals surface area contributed by atoms with Crippen LogP contribution in [0.5, 0.6) is 0 Å². The number of ether oxygens (including phenoxy) is 3. The molecule has 2 unspecified atom stereocenters. The van der Waals surface area contributed by atoms with Crippen molar-refractivity contribution < 1.29 is 38.2 Å². The van der Waals surface area contributed by atoms with Gasteiger partial charge in [0.05, 0.1) is 40.3 Å². The fourth-order valence-corrected chi connectivity index (χ4v) is 5.88. The fraction of sp³-hybridized carbons (Fsp3) is 0.833. The Morgan fingerprint density at radius 1 is 0.600 bits per heavy atom. The topological polar surface area (TPSA) is 102 Å². The van der Waals surface area contributed by atoms with Crippen molar-refractivity contribution in [3.63, 3.8) is 0 Å².